The number of hydrogen-bond acceptors (Lipinski definition) is 5. The highest BCUT2D eigenvalue weighted by atomic mass is 32.2. The van der Waals surface area contributed by atoms with Crippen molar-refractivity contribution in [3.8, 4) is 0 Å². The molecule has 0 bridgehead atoms. The van der Waals surface area contributed by atoms with Crippen molar-refractivity contribution in [1.29, 1.82) is 0 Å². The van der Waals surface area contributed by atoms with Gasteiger partial charge in [-0.05, 0) is 37.1 Å². The van der Waals surface area contributed by atoms with Crippen LogP contribution in [0.2, 0.25) is 0 Å². The van der Waals surface area contributed by atoms with Gasteiger partial charge in [0.05, 0.1) is 25.4 Å². The van der Waals surface area contributed by atoms with Gasteiger partial charge in [-0.1, -0.05) is 0 Å². The summed E-state index contributed by atoms with van der Waals surface area (Å²) >= 11 is 1.56. The fourth-order valence-corrected chi connectivity index (χ4v) is 3.00. The predicted octanol–water partition coefficient (Wildman–Crippen LogP) is 2.29. The summed E-state index contributed by atoms with van der Waals surface area (Å²) in [6.07, 6.45) is 1.84. The van der Waals surface area contributed by atoms with Crippen molar-refractivity contribution >= 4 is 23.4 Å². The second-order valence-corrected chi connectivity index (χ2v) is 6.44. The standard InChI is InChI=1S/C16H23NO4S/c1-12(18)17-13-4-6-16(7-5-13)22-11-14(19)9-20-10-15-3-2-8-21-15/h4-7,14-15,19H,2-3,8-11H2,1H3,(H,17,18)/t14-,15-/m0/s1. The molecule has 0 radical (unpaired) electrons. The van der Waals surface area contributed by atoms with Crippen LogP contribution in [0, 0.1) is 0 Å². The number of nitrogens with one attached hydrogen (secondary N) is 1. The summed E-state index contributed by atoms with van der Waals surface area (Å²) in [7, 11) is 0. The van der Waals surface area contributed by atoms with E-state index in [1.807, 2.05) is 24.3 Å². The molecular formula is C16H23NO4S. The molecule has 5 nitrogen and oxygen atoms in total. The molecule has 0 unspecified atom stereocenters. The van der Waals surface area contributed by atoms with E-state index in [9.17, 15) is 9.90 Å². The zero-order chi connectivity index (χ0) is 15.8. The van der Waals surface area contributed by atoms with E-state index in [0.29, 0.717) is 19.0 Å². The molecule has 2 rings (SSSR count). The highest BCUT2D eigenvalue weighted by Gasteiger charge is 2.16. The molecule has 1 aromatic rings. The summed E-state index contributed by atoms with van der Waals surface area (Å²) in [4.78, 5) is 12.0. The fourth-order valence-electron chi connectivity index (χ4n) is 2.19. The minimum atomic E-state index is -0.499. The lowest BCUT2D eigenvalue weighted by Gasteiger charge is -2.14. The number of anilines is 1. The zero-order valence-corrected chi connectivity index (χ0v) is 13.6. The van der Waals surface area contributed by atoms with Crippen LogP contribution in [0.25, 0.3) is 0 Å². The van der Waals surface area contributed by atoms with Gasteiger partial charge in [-0.3, -0.25) is 4.79 Å². The first-order valence-electron chi connectivity index (χ1n) is 7.51. The maximum Gasteiger partial charge on any atom is 0.221 e. The van der Waals surface area contributed by atoms with Crippen LogP contribution in [0.1, 0.15) is 19.8 Å². The molecule has 0 aliphatic carbocycles. The molecule has 0 saturated carbocycles. The first-order chi connectivity index (χ1) is 10.6. The molecule has 1 heterocycles. The highest BCUT2D eigenvalue weighted by molar-refractivity contribution is 7.99. The summed E-state index contributed by atoms with van der Waals surface area (Å²) in [5.74, 6) is 0.490. The Bertz CT molecular complexity index is 460. The van der Waals surface area contributed by atoms with Crippen LogP contribution in [0.5, 0.6) is 0 Å². The van der Waals surface area contributed by atoms with Gasteiger partial charge in [0.1, 0.15) is 0 Å². The van der Waals surface area contributed by atoms with Crippen LogP contribution < -0.4 is 5.32 Å². The number of aliphatic hydroxyl groups is 1. The molecule has 1 fully saturated rings. The van der Waals surface area contributed by atoms with E-state index < -0.39 is 6.10 Å². The van der Waals surface area contributed by atoms with Crippen LogP contribution in [-0.4, -0.2) is 48.8 Å². The Labute approximate surface area is 135 Å². The number of ether oxygens (including phenoxy) is 2. The van der Waals surface area contributed by atoms with Crippen LogP contribution in [0.4, 0.5) is 5.69 Å². The Hall–Kier alpha value is -1.08. The van der Waals surface area contributed by atoms with Gasteiger partial charge in [-0.25, -0.2) is 0 Å². The van der Waals surface area contributed by atoms with Gasteiger partial charge in [-0.2, -0.15) is 0 Å². The second-order valence-electron chi connectivity index (χ2n) is 5.34. The molecule has 1 saturated heterocycles. The molecule has 2 atom stereocenters. The van der Waals surface area contributed by atoms with E-state index in [0.717, 1.165) is 30.0 Å². The Kier molecular flexibility index (Phi) is 7.18. The van der Waals surface area contributed by atoms with Crippen molar-refractivity contribution in [3.63, 3.8) is 0 Å². The van der Waals surface area contributed by atoms with Crippen LogP contribution in [0.3, 0.4) is 0 Å². The average Bonchev–Trinajstić information content (AvgIpc) is 2.99. The number of thioether (sulfide) groups is 1. The largest absolute Gasteiger partial charge is 0.390 e. The molecule has 6 heteroatoms. The third kappa shape index (κ3) is 6.36. The third-order valence-electron chi connectivity index (χ3n) is 3.26. The van der Waals surface area contributed by atoms with Crippen molar-refractivity contribution in [3.05, 3.63) is 24.3 Å². The van der Waals surface area contributed by atoms with Crippen molar-refractivity contribution in [1.82, 2.24) is 0 Å². The summed E-state index contributed by atoms with van der Waals surface area (Å²) in [5, 5.41) is 12.6. The lowest BCUT2D eigenvalue weighted by atomic mass is 10.2. The van der Waals surface area contributed by atoms with Gasteiger partial charge in [0, 0.05) is 29.9 Å². The van der Waals surface area contributed by atoms with Crippen molar-refractivity contribution in [2.45, 2.75) is 36.9 Å². The molecule has 1 aliphatic rings. The first kappa shape index (κ1) is 17.3. The molecule has 1 amide bonds. The topological polar surface area (TPSA) is 67.8 Å². The van der Waals surface area contributed by atoms with Gasteiger partial charge in [0.25, 0.3) is 0 Å². The normalized spacial score (nSPS) is 19.1. The van der Waals surface area contributed by atoms with Crippen molar-refractivity contribution < 1.29 is 19.4 Å². The SMILES string of the molecule is CC(=O)Nc1ccc(SC[C@@H](O)COC[C@@H]2CCCO2)cc1. The summed E-state index contributed by atoms with van der Waals surface area (Å²) in [6.45, 7) is 3.19. The second kappa shape index (κ2) is 9.15. The monoisotopic (exact) mass is 325 g/mol. The zero-order valence-electron chi connectivity index (χ0n) is 12.8. The van der Waals surface area contributed by atoms with Crippen LogP contribution >= 0.6 is 11.8 Å². The number of aliphatic hydroxyl groups excluding tert-OH is 1. The molecule has 2 N–H and O–H groups in total. The lowest BCUT2D eigenvalue weighted by molar-refractivity contribution is -0.114. The summed E-state index contributed by atoms with van der Waals surface area (Å²) < 4.78 is 11.0. The Morgan fingerprint density at radius 1 is 1.50 bits per heavy atom. The van der Waals surface area contributed by atoms with E-state index in [4.69, 9.17) is 9.47 Å². The van der Waals surface area contributed by atoms with Crippen molar-refractivity contribution in [2.24, 2.45) is 0 Å². The van der Waals surface area contributed by atoms with E-state index in [1.54, 1.807) is 11.8 Å². The maximum absolute atomic E-state index is 10.9. The number of amides is 1. The van der Waals surface area contributed by atoms with E-state index >= 15 is 0 Å². The van der Waals surface area contributed by atoms with Crippen LogP contribution in [-0.2, 0) is 14.3 Å². The van der Waals surface area contributed by atoms with Crippen molar-refractivity contribution in [2.75, 3.05) is 30.9 Å². The molecule has 22 heavy (non-hydrogen) atoms. The molecule has 1 aliphatic heterocycles. The first-order valence-corrected chi connectivity index (χ1v) is 8.50. The van der Waals surface area contributed by atoms with Gasteiger partial charge < -0.3 is 19.9 Å². The predicted molar refractivity (Wildman–Crippen MR) is 87.3 cm³/mol. The molecule has 1 aromatic carbocycles. The van der Waals surface area contributed by atoms with E-state index in [2.05, 4.69) is 5.32 Å². The molecule has 0 spiro atoms. The van der Waals surface area contributed by atoms with Gasteiger partial charge in [0.2, 0.25) is 5.91 Å². The third-order valence-corrected chi connectivity index (χ3v) is 4.41. The molecule has 0 aromatic heterocycles. The van der Waals surface area contributed by atoms with Crippen LogP contribution in [0.15, 0.2) is 29.2 Å². The van der Waals surface area contributed by atoms with E-state index in [1.165, 1.54) is 6.92 Å². The summed E-state index contributed by atoms with van der Waals surface area (Å²) in [5.41, 5.74) is 0.775. The van der Waals surface area contributed by atoms with Gasteiger partial charge >= 0.3 is 0 Å². The Morgan fingerprint density at radius 3 is 2.91 bits per heavy atom. The molecular weight excluding hydrogens is 302 g/mol. The highest BCUT2D eigenvalue weighted by Crippen LogP contribution is 2.21. The average molecular weight is 325 g/mol. The quantitative estimate of drug-likeness (QED) is 0.718. The lowest BCUT2D eigenvalue weighted by Crippen LogP contribution is -2.22. The van der Waals surface area contributed by atoms with E-state index in [-0.39, 0.29) is 12.0 Å². The number of carbonyl (C=O) groups is 1. The summed E-state index contributed by atoms with van der Waals surface area (Å²) in [6, 6.07) is 7.56. The fraction of sp³-hybridized carbons (Fsp3) is 0.562. The van der Waals surface area contributed by atoms with Gasteiger partial charge in [0.15, 0.2) is 0 Å². The maximum atomic E-state index is 10.9. The number of carbonyl (C=O) groups excluding carboxylic acids is 1. The number of benzene rings is 1. The minimum Gasteiger partial charge on any atom is -0.390 e. The molecule has 122 valence electrons. The Morgan fingerprint density at radius 2 is 2.27 bits per heavy atom. The number of hydrogen-bond donors (Lipinski definition) is 2. The smallest absolute Gasteiger partial charge is 0.221 e. The minimum absolute atomic E-state index is 0.0841. The van der Waals surface area contributed by atoms with Gasteiger partial charge in [-0.15, -0.1) is 11.8 Å². The Balaban J connectivity index is 1.62. The number of rotatable bonds is 8.